The zero-order chi connectivity index (χ0) is 14.2. The van der Waals surface area contributed by atoms with Gasteiger partial charge in [-0.2, -0.15) is 0 Å². The fourth-order valence-electron chi connectivity index (χ4n) is 4.26. The van der Waals surface area contributed by atoms with Gasteiger partial charge in [0, 0.05) is 24.7 Å². The van der Waals surface area contributed by atoms with Crippen LogP contribution < -0.4 is 5.32 Å². The molecule has 3 rings (SSSR count). The molecule has 1 N–H and O–H groups in total. The van der Waals surface area contributed by atoms with E-state index in [0.717, 1.165) is 5.92 Å². The highest BCUT2D eigenvalue weighted by atomic mass is 15.3. The van der Waals surface area contributed by atoms with Crippen LogP contribution in [-0.4, -0.2) is 36.1 Å². The molecule has 2 aliphatic carbocycles. The second-order valence-corrected chi connectivity index (χ2v) is 8.76. The molecular weight excluding hydrogens is 244 g/mol. The Morgan fingerprint density at radius 3 is 2.40 bits per heavy atom. The zero-order valence-electron chi connectivity index (χ0n) is 13.9. The summed E-state index contributed by atoms with van der Waals surface area (Å²) >= 11 is 0. The summed E-state index contributed by atoms with van der Waals surface area (Å²) in [6.07, 6.45) is 11.7. The number of rotatable bonds is 3. The molecule has 0 aromatic rings. The summed E-state index contributed by atoms with van der Waals surface area (Å²) in [5, 5.41) is 3.91. The van der Waals surface area contributed by atoms with E-state index >= 15 is 0 Å². The molecule has 2 saturated carbocycles. The van der Waals surface area contributed by atoms with Crippen molar-refractivity contribution in [1.29, 1.82) is 0 Å². The first kappa shape index (κ1) is 14.8. The van der Waals surface area contributed by atoms with Crippen LogP contribution in [0.25, 0.3) is 0 Å². The van der Waals surface area contributed by atoms with Crippen molar-refractivity contribution in [3.05, 3.63) is 0 Å². The molecule has 1 unspecified atom stereocenters. The first-order valence-corrected chi connectivity index (χ1v) is 8.98. The van der Waals surface area contributed by atoms with Crippen molar-refractivity contribution in [2.24, 2.45) is 11.3 Å². The molecule has 0 amide bonds. The van der Waals surface area contributed by atoms with Gasteiger partial charge in [-0.15, -0.1) is 0 Å². The van der Waals surface area contributed by atoms with Crippen LogP contribution in [-0.2, 0) is 0 Å². The van der Waals surface area contributed by atoms with E-state index in [-0.39, 0.29) is 0 Å². The summed E-state index contributed by atoms with van der Waals surface area (Å²) in [4.78, 5) is 2.91. The van der Waals surface area contributed by atoms with E-state index in [1.165, 1.54) is 71.0 Å². The third-order valence-electron chi connectivity index (χ3n) is 6.09. The van der Waals surface area contributed by atoms with Crippen molar-refractivity contribution >= 4 is 0 Å². The number of hydrogen-bond donors (Lipinski definition) is 1. The largest absolute Gasteiger partial charge is 0.310 e. The number of nitrogens with one attached hydrogen (secondary N) is 1. The predicted molar refractivity (Wildman–Crippen MR) is 86.0 cm³/mol. The lowest BCUT2D eigenvalue weighted by Crippen LogP contribution is -2.67. The maximum Gasteiger partial charge on any atom is 0.0334 e. The Balaban J connectivity index is 1.68. The second-order valence-electron chi connectivity index (χ2n) is 8.76. The van der Waals surface area contributed by atoms with Crippen LogP contribution in [0.15, 0.2) is 0 Å². The Kier molecular flexibility index (Phi) is 4.16. The molecule has 0 aromatic carbocycles. The SMILES string of the molecule is CC(C)(C)C1CN(CCC2CC2)C2(CCCCC2)CN1. The standard InChI is InChI=1S/C18H34N2/c1-17(2,3)16-13-20(12-9-15-7-8-15)18(14-19-16)10-5-4-6-11-18/h15-16,19H,4-14H2,1-3H3. The second kappa shape index (κ2) is 5.61. The maximum absolute atomic E-state index is 3.91. The molecule has 0 radical (unpaired) electrons. The third-order valence-corrected chi connectivity index (χ3v) is 6.09. The normalized spacial score (nSPS) is 31.6. The Morgan fingerprint density at radius 1 is 1.10 bits per heavy atom. The van der Waals surface area contributed by atoms with E-state index in [0.29, 0.717) is 17.0 Å². The molecule has 0 aromatic heterocycles. The third kappa shape index (κ3) is 3.22. The molecule has 3 aliphatic rings. The van der Waals surface area contributed by atoms with Gasteiger partial charge < -0.3 is 5.32 Å². The highest BCUT2D eigenvalue weighted by Crippen LogP contribution is 2.39. The summed E-state index contributed by atoms with van der Waals surface area (Å²) in [5.74, 6) is 1.07. The van der Waals surface area contributed by atoms with E-state index in [1.807, 2.05) is 0 Å². The summed E-state index contributed by atoms with van der Waals surface area (Å²) < 4.78 is 0. The van der Waals surface area contributed by atoms with E-state index < -0.39 is 0 Å². The Morgan fingerprint density at radius 2 is 1.80 bits per heavy atom. The monoisotopic (exact) mass is 278 g/mol. The van der Waals surface area contributed by atoms with Gasteiger partial charge in [-0.05, 0) is 37.1 Å². The van der Waals surface area contributed by atoms with Crippen LogP contribution in [0.5, 0.6) is 0 Å². The van der Waals surface area contributed by atoms with Crippen LogP contribution in [0, 0.1) is 11.3 Å². The van der Waals surface area contributed by atoms with Gasteiger partial charge in [-0.1, -0.05) is 52.9 Å². The molecule has 1 atom stereocenters. The number of piperazine rings is 1. The average Bonchev–Trinajstić information content (AvgIpc) is 3.21. The summed E-state index contributed by atoms with van der Waals surface area (Å²) in [5.41, 5.74) is 0.892. The molecule has 2 nitrogen and oxygen atoms in total. The van der Waals surface area contributed by atoms with E-state index in [4.69, 9.17) is 0 Å². The Labute approximate surface area is 125 Å². The molecule has 2 heteroatoms. The smallest absolute Gasteiger partial charge is 0.0334 e. The Bertz CT molecular complexity index is 321. The van der Waals surface area contributed by atoms with Gasteiger partial charge in [0.25, 0.3) is 0 Å². The van der Waals surface area contributed by atoms with Crippen molar-refractivity contribution < 1.29 is 0 Å². The van der Waals surface area contributed by atoms with Crippen LogP contribution >= 0.6 is 0 Å². The molecule has 20 heavy (non-hydrogen) atoms. The molecular formula is C18H34N2. The van der Waals surface area contributed by atoms with Crippen molar-refractivity contribution in [2.75, 3.05) is 19.6 Å². The highest BCUT2D eigenvalue weighted by molar-refractivity contribution is 5.02. The highest BCUT2D eigenvalue weighted by Gasteiger charge is 2.44. The predicted octanol–water partition coefficient (Wildman–Crippen LogP) is 3.81. The van der Waals surface area contributed by atoms with Gasteiger partial charge in [0.1, 0.15) is 0 Å². The molecule has 1 heterocycles. The minimum atomic E-state index is 0.383. The van der Waals surface area contributed by atoms with Gasteiger partial charge >= 0.3 is 0 Å². The minimum Gasteiger partial charge on any atom is -0.310 e. The van der Waals surface area contributed by atoms with Crippen LogP contribution in [0.4, 0.5) is 0 Å². The first-order chi connectivity index (χ1) is 9.50. The fraction of sp³-hybridized carbons (Fsp3) is 1.00. The number of nitrogens with zero attached hydrogens (tertiary/aromatic N) is 1. The minimum absolute atomic E-state index is 0.383. The Hall–Kier alpha value is -0.0800. The summed E-state index contributed by atoms with van der Waals surface area (Å²) in [7, 11) is 0. The zero-order valence-corrected chi connectivity index (χ0v) is 13.9. The average molecular weight is 278 g/mol. The maximum atomic E-state index is 3.91. The molecule has 116 valence electrons. The fourth-order valence-corrected chi connectivity index (χ4v) is 4.26. The topological polar surface area (TPSA) is 15.3 Å². The quantitative estimate of drug-likeness (QED) is 0.844. The van der Waals surface area contributed by atoms with E-state index in [9.17, 15) is 0 Å². The van der Waals surface area contributed by atoms with Gasteiger partial charge in [0.05, 0.1) is 0 Å². The van der Waals surface area contributed by atoms with Crippen molar-refractivity contribution in [2.45, 2.75) is 83.7 Å². The molecule has 1 spiro atoms. The van der Waals surface area contributed by atoms with Crippen LogP contribution in [0.3, 0.4) is 0 Å². The summed E-state index contributed by atoms with van der Waals surface area (Å²) in [6.45, 7) is 11.0. The van der Waals surface area contributed by atoms with Crippen LogP contribution in [0.1, 0.15) is 72.1 Å². The van der Waals surface area contributed by atoms with Gasteiger partial charge in [-0.25, -0.2) is 0 Å². The molecule has 1 saturated heterocycles. The van der Waals surface area contributed by atoms with Crippen molar-refractivity contribution in [3.63, 3.8) is 0 Å². The number of hydrogen-bond acceptors (Lipinski definition) is 2. The summed E-state index contributed by atoms with van der Waals surface area (Å²) in [6, 6.07) is 0.661. The van der Waals surface area contributed by atoms with Crippen LogP contribution in [0.2, 0.25) is 0 Å². The van der Waals surface area contributed by atoms with Gasteiger partial charge in [0.15, 0.2) is 0 Å². The lowest BCUT2D eigenvalue weighted by molar-refractivity contribution is -0.0115. The lowest BCUT2D eigenvalue weighted by Gasteiger charge is -2.54. The van der Waals surface area contributed by atoms with Crippen molar-refractivity contribution in [1.82, 2.24) is 10.2 Å². The lowest BCUT2D eigenvalue weighted by atomic mass is 9.75. The van der Waals surface area contributed by atoms with Gasteiger partial charge in [0.2, 0.25) is 0 Å². The first-order valence-electron chi connectivity index (χ1n) is 8.98. The molecule has 0 bridgehead atoms. The molecule has 3 fully saturated rings. The van der Waals surface area contributed by atoms with Crippen molar-refractivity contribution in [3.8, 4) is 0 Å². The van der Waals surface area contributed by atoms with Gasteiger partial charge in [-0.3, -0.25) is 4.90 Å². The van der Waals surface area contributed by atoms with E-state index in [2.05, 4.69) is 31.0 Å². The molecule has 1 aliphatic heterocycles. The van der Waals surface area contributed by atoms with E-state index in [1.54, 1.807) is 0 Å².